The third kappa shape index (κ3) is 2.16. The molecule has 0 radical (unpaired) electrons. The monoisotopic (exact) mass is 261 g/mol. The van der Waals surface area contributed by atoms with Crippen molar-refractivity contribution in [2.75, 3.05) is 5.75 Å². The number of carboxylic acid groups (broad SMARTS) is 1. The highest BCUT2D eigenvalue weighted by Crippen LogP contribution is 2.37. The molecule has 0 bridgehead atoms. The van der Waals surface area contributed by atoms with Crippen molar-refractivity contribution in [2.24, 2.45) is 0 Å². The number of carbonyl (C=O) groups is 1. The van der Waals surface area contributed by atoms with Gasteiger partial charge in [0.05, 0.1) is 5.37 Å². The SMILES string of the molecule is O=C(O)[C@@H]1CS[C@@H](c2c(F)cccc2Cl)N1. The predicted octanol–water partition coefficient (Wildman–Crippen LogP) is 2.27. The second-order valence-electron chi connectivity index (χ2n) is 3.41. The molecule has 16 heavy (non-hydrogen) atoms. The van der Waals surface area contributed by atoms with Gasteiger partial charge in [-0.1, -0.05) is 17.7 Å². The average Bonchev–Trinajstić information content (AvgIpc) is 2.66. The molecule has 1 saturated heterocycles. The minimum absolute atomic E-state index is 0.316. The van der Waals surface area contributed by atoms with E-state index in [0.717, 1.165) is 0 Å². The minimum Gasteiger partial charge on any atom is -0.480 e. The third-order valence-corrected chi connectivity index (χ3v) is 3.90. The fourth-order valence-corrected chi connectivity index (χ4v) is 3.17. The first-order valence-corrected chi connectivity index (χ1v) is 6.06. The van der Waals surface area contributed by atoms with E-state index in [2.05, 4.69) is 5.32 Å². The second-order valence-corrected chi connectivity index (χ2v) is 4.95. The number of hydrogen-bond donors (Lipinski definition) is 2. The van der Waals surface area contributed by atoms with Crippen molar-refractivity contribution < 1.29 is 14.3 Å². The Morgan fingerprint density at radius 2 is 2.38 bits per heavy atom. The molecule has 0 unspecified atom stereocenters. The van der Waals surface area contributed by atoms with Gasteiger partial charge in [-0.25, -0.2) is 4.39 Å². The molecule has 1 fully saturated rings. The molecule has 0 amide bonds. The highest BCUT2D eigenvalue weighted by Gasteiger charge is 2.32. The van der Waals surface area contributed by atoms with Gasteiger partial charge in [-0.15, -0.1) is 11.8 Å². The molecule has 2 N–H and O–H groups in total. The Morgan fingerprint density at radius 1 is 1.62 bits per heavy atom. The van der Waals surface area contributed by atoms with Crippen molar-refractivity contribution in [1.82, 2.24) is 5.32 Å². The molecule has 86 valence electrons. The van der Waals surface area contributed by atoms with Crippen LogP contribution in [0.3, 0.4) is 0 Å². The van der Waals surface area contributed by atoms with Crippen LogP contribution in [-0.4, -0.2) is 22.9 Å². The number of thioether (sulfide) groups is 1. The van der Waals surface area contributed by atoms with Crippen LogP contribution in [0.4, 0.5) is 4.39 Å². The fraction of sp³-hybridized carbons (Fsp3) is 0.300. The van der Waals surface area contributed by atoms with E-state index in [1.54, 1.807) is 6.07 Å². The molecule has 6 heteroatoms. The van der Waals surface area contributed by atoms with E-state index in [9.17, 15) is 9.18 Å². The fourth-order valence-electron chi connectivity index (χ4n) is 1.54. The van der Waals surface area contributed by atoms with E-state index < -0.39 is 23.2 Å². The molecule has 1 aliphatic rings. The zero-order valence-electron chi connectivity index (χ0n) is 8.11. The Balaban J connectivity index is 2.24. The molecule has 1 aliphatic heterocycles. The summed E-state index contributed by atoms with van der Waals surface area (Å²) >= 11 is 7.24. The zero-order chi connectivity index (χ0) is 11.7. The highest BCUT2D eigenvalue weighted by atomic mass is 35.5. The molecule has 0 spiro atoms. The minimum atomic E-state index is -0.928. The molecular formula is C10H9ClFNO2S. The van der Waals surface area contributed by atoms with Gasteiger partial charge < -0.3 is 5.11 Å². The summed E-state index contributed by atoms with van der Waals surface area (Å²) in [4.78, 5) is 10.7. The lowest BCUT2D eigenvalue weighted by Crippen LogP contribution is -2.33. The van der Waals surface area contributed by atoms with E-state index in [4.69, 9.17) is 16.7 Å². The van der Waals surface area contributed by atoms with Crippen LogP contribution in [-0.2, 0) is 4.79 Å². The Kier molecular flexibility index (Phi) is 3.37. The molecule has 0 aliphatic carbocycles. The molecule has 1 aromatic rings. The summed E-state index contributed by atoms with van der Waals surface area (Å²) in [6.45, 7) is 0. The van der Waals surface area contributed by atoms with Crippen LogP contribution in [0.1, 0.15) is 10.9 Å². The maximum Gasteiger partial charge on any atom is 0.321 e. The molecule has 2 atom stereocenters. The molecule has 1 heterocycles. The summed E-state index contributed by atoms with van der Waals surface area (Å²) in [5, 5.41) is 11.6. The lowest BCUT2D eigenvalue weighted by atomic mass is 10.2. The first kappa shape index (κ1) is 11.7. The number of carboxylic acids is 1. The van der Waals surface area contributed by atoms with Crippen LogP contribution in [0.5, 0.6) is 0 Å². The Morgan fingerprint density at radius 3 is 2.94 bits per heavy atom. The number of halogens is 2. The van der Waals surface area contributed by atoms with Crippen LogP contribution in [0.25, 0.3) is 0 Å². The number of nitrogens with one attached hydrogen (secondary N) is 1. The Hall–Kier alpha value is -0.780. The maximum absolute atomic E-state index is 13.5. The van der Waals surface area contributed by atoms with Crippen LogP contribution in [0, 0.1) is 5.82 Å². The summed E-state index contributed by atoms with van der Waals surface area (Å²) in [6, 6.07) is 3.79. The summed E-state index contributed by atoms with van der Waals surface area (Å²) < 4.78 is 13.5. The van der Waals surface area contributed by atoms with Gasteiger partial charge in [0.2, 0.25) is 0 Å². The van der Waals surface area contributed by atoms with Crippen LogP contribution in [0.15, 0.2) is 18.2 Å². The van der Waals surface area contributed by atoms with E-state index in [1.807, 2.05) is 0 Å². The van der Waals surface area contributed by atoms with Crippen molar-refractivity contribution in [3.8, 4) is 0 Å². The standard InChI is InChI=1S/C10H9ClFNO2S/c11-5-2-1-3-6(12)8(5)9-13-7(4-16-9)10(14)15/h1-3,7,9,13H,4H2,(H,14,15)/t7-,9-/m0/s1. The topological polar surface area (TPSA) is 49.3 Å². The number of benzene rings is 1. The van der Waals surface area contributed by atoms with Gasteiger partial charge in [0.1, 0.15) is 11.9 Å². The van der Waals surface area contributed by atoms with Crippen LogP contribution < -0.4 is 5.32 Å². The van der Waals surface area contributed by atoms with E-state index in [1.165, 1.54) is 23.9 Å². The van der Waals surface area contributed by atoms with Crippen molar-refractivity contribution >= 4 is 29.3 Å². The van der Waals surface area contributed by atoms with E-state index >= 15 is 0 Å². The molecule has 3 nitrogen and oxygen atoms in total. The largest absolute Gasteiger partial charge is 0.480 e. The number of rotatable bonds is 2. The van der Waals surface area contributed by atoms with Crippen molar-refractivity contribution in [3.05, 3.63) is 34.6 Å². The van der Waals surface area contributed by atoms with Crippen LogP contribution >= 0.6 is 23.4 Å². The van der Waals surface area contributed by atoms with Crippen molar-refractivity contribution in [3.63, 3.8) is 0 Å². The molecular weight excluding hydrogens is 253 g/mol. The average molecular weight is 262 g/mol. The summed E-state index contributed by atoms with van der Waals surface area (Å²) in [5.74, 6) is -0.934. The lowest BCUT2D eigenvalue weighted by molar-refractivity contribution is -0.138. The van der Waals surface area contributed by atoms with Crippen LogP contribution in [0.2, 0.25) is 5.02 Å². The zero-order valence-corrected chi connectivity index (χ0v) is 9.69. The quantitative estimate of drug-likeness (QED) is 0.858. The number of hydrogen-bond acceptors (Lipinski definition) is 3. The normalized spacial score (nSPS) is 24.6. The van der Waals surface area contributed by atoms with Gasteiger partial charge in [0, 0.05) is 16.3 Å². The van der Waals surface area contributed by atoms with Gasteiger partial charge >= 0.3 is 5.97 Å². The van der Waals surface area contributed by atoms with Gasteiger partial charge in [0.25, 0.3) is 0 Å². The predicted molar refractivity (Wildman–Crippen MR) is 61.2 cm³/mol. The maximum atomic E-state index is 13.5. The van der Waals surface area contributed by atoms with Crippen molar-refractivity contribution in [2.45, 2.75) is 11.4 Å². The molecule has 0 aromatic heterocycles. The van der Waals surface area contributed by atoms with E-state index in [-0.39, 0.29) is 0 Å². The lowest BCUT2D eigenvalue weighted by Gasteiger charge is -2.13. The van der Waals surface area contributed by atoms with Crippen molar-refractivity contribution in [1.29, 1.82) is 0 Å². The summed E-state index contributed by atoms with van der Waals surface area (Å²) in [5.41, 5.74) is 0.331. The Bertz CT molecular complexity index is 409. The van der Waals surface area contributed by atoms with Gasteiger partial charge in [-0.2, -0.15) is 0 Å². The highest BCUT2D eigenvalue weighted by molar-refractivity contribution is 7.99. The first-order chi connectivity index (χ1) is 7.59. The smallest absolute Gasteiger partial charge is 0.321 e. The Labute approximate surface area is 101 Å². The third-order valence-electron chi connectivity index (χ3n) is 2.34. The van der Waals surface area contributed by atoms with Gasteiger partial charge in [-0.05, 0) is 12.1 Å². The first-order valence-electron chi connectivity index (χ1n) is 4.64. The molecule has 1 aromatic carbocycles. The number of aliphatic carboxylic acids is 1. The molecule has 0 saturated carbocycles. The van der Waals surface area contributed by atoms with Gasteiger partial charge in [0.15, 0.2) is 0 Å². The van der Waals surface area contributed by atoms with Gasteiger partial charge in [-0.3, -0.25) is 10.1 Å². The summed E-state index contributed by atoms with van der Waals surface area (Å²) in [6.07, 6.45) is 0. The van der Waals surface area contributed by atoms with E-state index in [0.29, 0.717) is 16.3 Å². The molecule has 2 rings (SSSR count). The summed E-state index contributed by atoms with van der Waals surface area (Å²) in [7, 11) is 0. The second kappa shape index (κ2) is 4.61.